The van der Waals surface area contributed by atoms with E-state index in [4.69, 9.17) is 0 Å². The maximum Gasteiger partial charge on any atom is 0.115 e. The van der Waals surface area contributed by atoms with E-state index in [-0.39, 0.29) is 0 Å². The first-order chi connectivity index (χ1) is 9.70. The molecule has 0 radical (unpaired) electrons. The number of aromatic hydroxyl groups is 1. The summed E-state index contributed by atoms with van der Waals surface area (Å²) in [6, 6.07) is 8.10. The van der Waals surface area contributed by atoms with Gasteiger partial charge in [-0.25, -0.2) is 0 Å². The molecule has 1 aromatic rings. The summed E-state index contributed by atoms with van der Waals surface area (Å²) in [5, 5.41) is 12.9. The SMILES string of the molecule is CCCN(CC1CCNCC1)C(C)c1ccc(O)cc1. The molecule has 0 amide bonds. The number of nitrogens with zero attached hydrogens (tertiary/aromatic N) is 1. The van der Waals surface area contributed by atoms with Gasteiger partial charge in [0.25, 0.3) is 0 Å². The van der Waals surface area contributed by atoms with E-state index < -0.39 is 0 Å². The van der Waals surface area contributed by atoms with Gasteiger partial charge in [0.05, 0.1) is 0 Å². The number of phenols is 1. The minimum atomic E-state index is 0.348. The van der Waals surface area contributed by atoms with Crippen LogP contribution in [-0.2, 0) is 0 Å². The zero-order valence-electron chi connectivity index (χ0n) is 12.8. The summed E-state index contributed by atoms with van der Waals surface area (Å²) in [5.41, 5.74) is 1.30. The van der Waals surface area contributed by atoms with Crippen molar-refractivity contribution in [2.45, 2.75) is 39.2 Å². The lowest BCUT2D eigenvalue weighted by Gasteiger charge is -2.34. The molecular formula is C17H28N2O. The van der Waals surface area contributed by atoms with Crippen molar-refractivity contribution in [3.8, 4) is 5.75 Å². The first kappa shape index (κ1) is 15.3. The van der Waals surface area contributed by atoms with Crippen molar-refractivity contribution in [3.05, 3.63) is 29.8 Å². The van der Waals surface area contributed by atoms with Gasteiger partial charge in [-0.05, 0) is 69.4 Å². The Balaban J connectivity index is 2.00. The Morgan fingerprint density at radius 1 is 1.25 bits per heavy atom. The van der Waals surface area contributed by atoms with E-state index in [0.29, 0.717) is 11.8 Å². The van der Waals surface area contributed by atoms with Gasteiger partial charge in [0.1, 0.15) is 5.75 Å². The van der Waals surface area contributed by atoms with Crippen LogP contribution in [0.1, 0.15) is 44.7 Å². The number of rotatable bonds is 6. The number of hydrogen-bond donors (Lipinski definition) is 2. The Kier molecular flexibility index (Phi) is 5.86. The summed E-state index contributed by atoms with van der Waals surface area (Å²) < 4.78 is 0. The van der Waals surface area contributed by atoms with Crippen LogP contribution in [0.4, 0.5) is 0 Å². The fourth-order valence-corrected chi connectivity index (χ4v) is 3.09. The van der Waals surface area contributed by atoms with E-state index in [2.05, 4.69) is 24.1 Å². The quantitative estimate of drug-likeness (QED) is 0.838. The Bertz CT molecular complexity index is 384. The molecule has 1 atom stereocenters. The first-order valence-corrected chi connectivity index (χ1v) is 7.94. The van der Waals surface area contributed by atoms with Crippen molar-refractivity contribution in [3.63, 3.8) is 0 Å². The van der Waals surface area contributed by atoms with Crippen LogP contribution in [0.25, 0.3) is 0 Å². The number of benzene rings is 1. The van der Waals surface area contributed by atoms with Crippen LogP contribution < -0.4 is 5.32 Å². The van der Waals surface area contributed by atoms with Gasteiger partial charge < -0.3 is 10.4 Å². The van der Waals surface area contributed by atoms with Crippen molar-refractivity contribution in [2.24, 2.45) is 5.92 Å². The largest absolute Gasteiger partial charge is 0.508 e. The second-order valence-corrected chi connectivity index (χ2v) is 5.96. The van der Waals surface area contributed by atoms with Gasteiger partial charge in [0.2, 0.25) is 0 Å². The first-order valence-electron chi connectivity index (χ1n) is 7.94. The summed E-state index contributed by atoms with van der Waals surface area (Å²) in [5.74, 6) is 1.17. The van der Waals surface area contributed by atoms with E-state index in [1.54, 1.807) is 12.1 Å². The Morgan fingerprint density at radius 2 is 1.90 bits per heavy atom. The highest BCUT2D eigenvalue weighted by Gasteiger charge is 2.21. The summed E-state index contributed by atoms with van der Waals surface area (Å²) in [6.45, 7) is 9.20. The fourth-order valence-electron chi connectivity index (χ4n) is 3.09. The third kappa shape index (κ3) is 4.22. The molecule has 0 bridgehead atoms. The van der Waals surface area contributed by atoms with Crippen LogP contribution in [0.5, 0.6) is 5.75 Å². The molecule has 0 aromatic heterocycles. The van der Waals surface area contributed by atoms with Gasteiger partial charge in [0, 0.05) is 12.6 Å². The van der Waals surface area contributed by atoms with Gasteiger partial charge in [-0.3, -0.25) is 4.90 Å². The molecule has 1 saturated heterocycles. The lowest BCUT2D eigenvalue weighted by atomic mass is 9.96. The summed E-state index contributed by atoms with van der Waals surface area (Å²) in [7, 11) is 0. The highest BCUT2D eigenvalue weighted by Crippen LogP contribution is 2.25. The normalized spacial score (nSPS) is 18.4. The van der Waals surface area contributed by atoms with Gasteiger partial charge in [0.15, 0.2) is 0 Å². The Morgan fingerprint density at radius 3 is 2.50 bits per heavy atom. The maximum absolute atomic E-state index is 9.42. The standard InChI is InChI=1S/C17H28N2O/c1-3-12-19(13-15-8-10-18-11-9-15)14(2)16-4-6-17(20)7-5-16/h4-7,14-15,18,20H,3,8-13H2,1-2H3. The molecule has 3 heteroatoms. The Labute approximate surface area is 123 Å². The molecule has 1 heterocycles. The lowest BCUT2D eigenvalue weighted by Crippen LogP contribution is -2.37. The van der Waals surface area contributed by atoms with Crippen molar-refractivity contribution >= 4 is 0 Å². The molecule has 20 heavy (non-hydrogen) atoms. The number of nitrogens with one attached hydrogen (secondary N) is 1. The number of hydrogen-bond acceptors (Lipinski definition) is 3. The summed E-state index contributed by atoms with van der Waals surface area (Å²) in [6.07, 6.45) is 3.78. The number of piperidine rings is 1. The summed E-state index contributed by atoms with van der Waals surface area (Å²) >= 11 is 0. The number of phenolic OH excluding ortho intramolecular Hbond substituents is 1. The molecule has 3 nitrogen and oxygen atoms in total. The summed E-state index contributed by atoms with van der Waals surface area (Å²) in [4.78, 5) is 2.60. The van der Waals surface area contributed by atoms with Crippen LogP contribution in [-0.4, -0.2) is 36.2 Å². The van der Waals surface area contributed by atoms with Crippen LogP contribution in [0, 0.1) is 5.92 Å². The van der Waals surface area contributed by atoms with E-state index in [1.165, 1.54) is 31.4 Å². The third-order valence-electron chi connectivity index (χ3n) is 4.39. The topological polar surface area (TPSA) is 35.5 Å². The molecule has 1 aromatic carbocycles. The van der Waals surface area contributed by atoms with Gasteiger partial charge in [-0.1, -0.05) is 19.1 Å². The lowest BCUT2D eigenvalue weighted by molar-refractivity contribution is 0.161. The molecule has 0 spiro atoms. The maximum atomic E-state index is 9.42. The second kappa shape index (κ2) is 7.65. The zero-order chi connectivity index (χ0) is 14.4. The highest BCUT2D eigenvalue weighted by molar-refractivity contribution is 5.27. The molecule has 0 saturated carbocycles. The molecule has 1 aliphatic heterocycles. The molecule has 2 N–H and O–H groups in total. The Hall–Kier alpha value is -1.06. The molecule has 0 aliphatic carbocycles. The minimum absolute atomic E-state index is 0.348. The minimum Gasteiger partial charge on any atom is -0.508 e. The molecule has 1 fully saturated rings. The van der Waals surface area contributed by atoms with E-state index >= 15 is 0 Å². The molecule has 1 unspecified atom stereocenters. The van der Waals surface area contributed by atoms with Crippen molar-refractivity contribution in [1.82, 2.24) is 10.2 Å². The molecule has 2 rings (SSSR count). The predicted octanol–water partition coefficient (Wildman–Crippen LogP) is 3.16. The van der Waals surface area contributed by atoms with Crippen LogP contribution in [0.15, 0.2) is 24.3 Å². The van der Waals surface area contributed by atoms with Crippen LogP contribution >= 0.6 is 0 Å². The van der Waals surface area contributed by atoms with Gasteiger partial charge in [-0.2, -0.15) is 0 Å². The van der Waals surface area contributed by atoms with Crippen molar-refractivity contribution < 1.29 is 5.11 Å². The average Bonchev–Trinajstić information content (AvgIpc) is 2.48. The second-order valence-electron chi connectivity index (χ2n) is 5.96. The van der Waals surface area contributed by atoms with Gasteiger partial charge >= 0.3 is 0 Å². The smallest absolute Gasteiger partial charge is 0.115 e. The third-order valence-corrected chi connectivity index (χ3v) is 4.39. The van der Waals surface area contributed by atoms with E-state index in [9.17, 15) is 5.11 Å². The zero-order valence-corrected chi connectivity index (χ0v) is 12.8. The van der Waals surface area contributed by atoms with E-state index in [1.807, 2.05) is 12.1 Å². The van der Waals surface area contributed by atoms with Gasteiger partial charge in [-0.15, -0.1) is 0 Å². The fraction of sp³-hybridized carbons (Fsp3) is 0.647. The average molecular weight is 276 g/mol. The monoisotopic (exact) mass is 276 g/mol. The molecule has 1 aliphatic rings. The highest BCUT2D eigenvalue weighted by atomic mass is 16.3. The van der Waals surface area contributed by atoms with Crippen LogP contribution in [0.3, 0.4) is 0 Å². The molecular weight excluding hydrogens is 248 g/mol. The van der Waals surface area contributed by atoms with Crippen molar-refractivity contribution in [2.75, 3.05) is 26.2 Å². The predicted molar refractivity (Wildman–Crippen MR) is 84.0 cm³/mol. The van der Waals surface area contributed by atoms with Crippen LogP contribution in [0.2, 0.25) is 0 Å². The van der Waals surface area contributed by atoms with Crippen molar-refractivity contribution in [1.29, 1.82) is 0 Å². The van der Waals surface area contributed by atoms with E-state index in [0.717, 1.165) is 25.6 Å². The molecule has 112 valence electrons.